The topological polar surface area (TPSA) is 127 Å². The molecule has 2 aliphatic heterocycles. The minimum Gasteiger partial charge on any atom is -0.450 e. The van der Waals surface area contributed by atoms with Gasteiger partial charge in [0.05, 0.1) is 12.3 Å². The number of hydrogen-bond donors (Lipinski definition) is 1. The van der Waals surface area contributed by atoms with E-state index in [0.717, 1.165) is 25.0 Å². The smallest absolute Gasteiger partial charge is 0.410 e. The summed E-state index contributed by atoms with van der Waals surface area (Å²) in [6, 6.07) is 1.26. The molecule has 2 saturated heterocycles. The SMILES string of the molecule is CCOC(=O)N1[C@@H]2CC[C@H]1CC(=NOc1nc3oc(=O)cc(CCC(C)C)c3c(=O)[nH]1)C2. The lowest BCUT2D eigenvalue weighted by molar-refractivity contribution is 0.0856. The Kier molecular flexibility index (Phi) is 6.29. The molecule has 4 rings (SSSR count). The summed E-state index contributed by atoms with van der Waals surface area (Å²) in [6.07, 6.45) is 4.03. The zero-order chi connectivity index (χ0) is 22.8. The van der Waals surface area contributed by atoms with Gasteiger partial charge in [0.25, 0.3) is 5.56 Å². The van der Waals surface area contributed by atoms with E-state index in [0.29, 0.717) is 37.4 Å². The Morgan fingerprint density at radius 1 is 1.31 bits per heavy atom. The summed E-state index contributed by atoms with van der Waals surface area (Å²) in [5.41, 5.74) is 0.333. The molecule has 2 atom stereocenters. The Morgan fingerprint density at radius 2 is 2.03 bits per heavy atom. The van der Waals surface area contributed by atoms with E-state index in [1.807, 2.05) is 0 Å². The second kappa shape index (κ2) is 9.13. The minimum atomic E-state index is -0.561. The van der Waals surface area contributed by atoms with Crippen molar-refractivity contribution in [1.29, 1.82) is 0 Å². The molecule has 2 aromatic heterocycles. The first-order valence-electron chi connectivity index (χ1n) is 11.1. The second-order valence-electron chi connectivity index (χ2n) is 8.72. The number of carbonyl (C=O) groups excluding carboxylic acids is 1. The summed E-state index contributed by atoms with van der Waals surface area (Å²) >= 11 is 0. The van der Waals surface area contributed by atoms with Crippen LogP contribution in [0, 0.1) is 5.92 Å². The van der Waals surface area contributed by atoms with Crippen molar-refractivity contribution in [3.05, 3.63) is 32.4 Å². The van der Waals surface area contributed by atoms with Crippen molar-refractivity contribution in [2.75, 3.05) is 6.61 Å². The van der Waals surface area contributed by atoms with Crippen LogP contribution in [0.15, 0.2) is 25.2 Å². The number of piperidine rings is 1. The van der Waals surface area contributed by atoms with Crippen LogP contribution in [-0.4, -0.2) is 45.4 Å². The largest absolute Gasteiger partial charge is 0.450 e. The van der Waals surface area contributed by atoms with E-state index in [4.69, 9.17) is 14.0 Å². The standard InChI is InChI=1S/C22H28N4O6/c1-4-30-22(29)26-15-7-8-16(26)11-14(10-15)25-32-21-23-19(28)18-13(6-5-12(2)3)9-17(27)31-20(18)24-21/h9,12,15-16H,4-8,10-11H2,1-3H3,(H,23,24,28)/t15-,16+. The lowest BCUT2D eigenvalue weighted by Crippen LogP contribution is -2.47. The number of oxime groups is 1. The van der Waals surface area contributed by atoms with Crippen molar-refractivity contribution in [3.63, 3.8) is 0 Å². The van der Waals surface area contributed by atoms with Crippen molar-refractivity contribution in [2.24, 2.45) is 11.1 Å². The lowest BCUT2D eigenvalue weighted by Gasteiger charge is -2.34. The first-order chi connectivity index (χ1) is 15.4. The number of nitrogens with zero attached hydrogens (tertiary/aromatic N) is 3. The van der Waals surface area contributed by atoms with Crippen molar-refractivity contribution >= 4 is 22.9 Å². The van der Waals surface area contributed by atoms with Crippen molar-refractivity contribution in [1.82, 2.24) is 14.9 Å². The molecule has 0 saturated carbocycles. The van der Waals surface area contributed by atoms with E-state index in [1.165, 1.54) is 6.07 Å². The fourth-order valence-corrected chi connectivity index (χ4v) is 4.48. The number of carbonyl (C=O) groups is 1. The first kappa shape index (κ1) is 22.0. The van der Waals surface area contributed by atoms with Crippen molar-refractivity contribution in [2.45, 2.75) is 71.4 Å². The van der Waals surface area contributed by atoms with Crippen molar-refractivity contribution < 1.29 is 18.8 Å². The summed E-state index contributed by atoms with van der Waals surface area (Å²) in [7, 11) is 0. The number of nitrogens with one attached hydrogen (secondary N) is 1. The third-order valence-corrected chi connectivity index (χ3v) is 5.97. The molecule has 10 nitrogen and oxygen atoms in total. The van der Waals surface area contributed by atoms with Crippen LogP contribution in [-0.2, 0) is 11.2 Å². The number of H-pyrrole nitrogens is 1. The summed E-state index contributed by atoms with van der Waals surface area (Å²) in [6.45, 7) is 6.28. The number of fused-ring (bicyclic) bond motifs is 3. The van der Waals surface area contributed by atoms with Gasteiger partial charge in [-0.2, -0.15) is 4.98 Å². The van der Waals surface area contributed by atoms with Gasteiger partial charge < -0.3 is 18.9 Å². The molecule has 1 N–H and O–H groups in total. The zero-order valence-corrected chi connectivity index (χ0v) is 18.6. The van der Waals surface area contributed by atoms with Gasteiger partial charge in [0.15, 0.2) is 0 Å². The highest BCUT2D eigenvalue weighted by Crippen LogP contribution is 2.35. The summed E-state index contributed by atoms with van der Waals surface area (Å²) in [5.74, 6) is 0.424. The molecular formula is C22H28N4O6. The molecule has 10 heteroatoms. The van der Waals surface area contributed by atoms with Crippen LogP contribution in [0.2, 0.25) is 0 Å². The van der Waals surface area contributed by atoms with Crippen LogP contribution in [0.1, 0.15) is 58.4 Å². The van der Waals surface area contributed by atoms with Gasteiger partial charge in [-0.05, 0) is 44.1 Å². The van der Waals surface area contributed by atoms with Gasteiger partial charge in [0.1, 0.15) is 5.39 Å². The summed E-state index contributed by atoms with van der Waals surface area (Å²) in [4.78, 5) is 50.8. The van der Waals surface area contributed by atoms with Crippen LogP contribution in [0.5, 0.6) is 6.01 Å². The van der Waals surface area contributed by atoms with Gasteiger partial charge >= 0.3 is 17.7 Å². The zero-order valence-electron chi connectivity index (χ0n) is 18.6. The normalized spacial score (nSPS) is 21.5. The molecule has 1 amide bonds. The predicted molar refractivity (Wildman–Crippen MR) is 117 cm³/mol. The third-order valence-electron chi connectivity index (χ3n) is 5.97. The Balaban J connectivity index is 1.53. The van der Waals surface area contributed by atoms with Crippen LogP contribution >= 0.6 is 0 Å². The molecule has 0 radical (unpaired) electrons. The molecule has 0 aliphatic carbocycles. The van der Waals surface area contributed by atoms with Gasteiger partial charge in [-0.15, -0.1) is 0 Å². The number of hydrogen-bond acceptors (Lipinski definition) is 8. The van der Waals surface area contributed by atoms with Crippen LogP contribution in [0.3, 0.4) is 0 Å². The third kappa shape index (κ3) is 4.53. The molecule has 0 unspecified atom stereocenters. The quantitative estimate of drug-likeness (QED) is 0.679. The Hall–Kier alpha value is -3.17. The van der Waals surface area contributed by atoms with Gasteiger partial charge in [-0.3, -0.25) is 9.78 Å². The summed E-state index contributed by atoms with van der Waals surface area (Å²) < 4.78 is 10.3. The lowest BCUT2D eigenvalue weighted by atomic mass is 10.0. The van der Waals surface area contributed by atoms with Gasteiger partial charge in [0, 0.05) is 31.0 Å². The van der Waals surface area contributed by atoms with E-state index in [2.05, 4.69) is 29.0 Å². The summed E-state index contributed by atoms with van der Waals surface area (Å²) in [5, 5.41) is 4.43. The Morgan fingerprint density at radius 3 is 2.69 bits per heavy atom. The fourth-order valence-electron chi connectivity index (χ4n) is 4.48. The number of aryl methyl sites for hydroxylation is 1. The average molecular weight is 444 g/mol. The molecule has 2 bridgehead atoms. The molecule has 2 aliphatic rings. The Bertz CT molecular complexity index is 1140. The van der Waals surface area contributed by atoms with Crippen LogP contribution in [0.25, 0.3) is 11.1 Å². The number of aromatic nitrogens is 2. The van der Waals surface area contributed by atoms with Gasteiger partial charge in [-0.25, -0.2) is 9.59 Å². The van der Waals surface area contributed by atoms with Crippen LogP contribution in [0.4, 0.5) is 4.79 Å². The minimum absolute atomic E-state index is 0.0281. The maximum Gasteiger partial charge on any atom is 0.410 e. The van der Waals surface area contributed by atoms with Crippen molar-refractivity contribution in [3.8, 4) is 6.01 Å². The van der Waals surface area contributed by atoms with E-state index in [-0.39, 0.29) is 35.3 Å². The molecular weight excluding hydrogens is 416 g/mol. The second-order valence-corrected chi connectivity index (χ2v) is 8.72. The first-order valence-corrected chi connectivity index (χ1v) is 11.1. The molecule has 0 aromatic carbocycles. The highest BCUT2D eigenvalue weighted by Gasteiger charge is 2.43. The maximum absolute atomic E-state index is 12.7. The van der Waals surface area contributed by atoms with E-state index in [1.54, 1.807) is 11.8 Å². The average Bonchev–Trinajstić information content (AvgIpc) is 3.00. The Labute approximate surface area is 184 Å². The number of amides is 1. The van der Waals surface area contributed by atoms with Crippen LogP contribution < -0.4 is 16.0 Å². The molecule has 172 valence electrons. The van der Waals surface area contributed by atoms with E-state index >= 15 is 0 Å². The predicted octanol–water partition coefficient (Wildman–Crippen LogP) is 2.98. The van der Waals surface area contributed by atoms with Gasteiger partial charge in [0.2, 0.25) is 5.71 Å². The highest BCUT2D eigenvalue weighted by atomic mass is 16.6. The molecule has 4 heterocycles. The van der Waals surface area contributed by atoms with E-state index in [9.17, 15) is 14.4 Å². The monoisotopic (exact) mass is 444 g/mol. The highest BCUT2D eigenvalue weighted by molar-refractivity contribution is 5.88. The van der Waals surface area contributed by atoms with Gasteiger partial charge in [-0.1, -0.05) is 19.0 Å². The maximum atomic E-state index is 12.7. The molecule has 0 spiro atoms. The molecule has 32 heavy (non-hydrogen) atoms. The van der Waals surface area contributed by atoms with E-state index < -0.39 is 11.2 Å². The number of ether oxygens (including phenoxy) is 1. The number of aromatic amines is 1. The molecule has 2 aromatic rings. The fraction of sp³-hybridized carbons (Fsp3) is 0.591. The number of rotatable bonds is 6. The molecule has 2 fully saturated rings.